The summed E-state index contributed by atoms with van der Waals surface area (Å²) in [6, 6.07) is 19.6. The first-order valence-electron chi connectivity index (χ1n) is 11.2. The Morgan fingerprint density at radius 1 is 0.974 bits per heavy atom. The van der Waals surface area contributed by atoms with Crippen LogP contribution in [0.2, 0.25) is 0 Å². The van der Waals surface area contributed by atoms with Gasteiger partial charge in [0.05, 0.1) is 5.69 Å². The summed E-state index contributed by atoms with van der Waals surface area (Å²) < 4.78 is 58.4. The van der Waals surface area contributed by atoms with Gasteiger partial charge in [0.2, 0.25) is 5.13 Å². The van der Waals surface area contributed by atoms with Crippen LogP contribution < -0.4 is 5.14 Å². The number of benzene rings is 3. The summed E-state index contributed by atoms with van der Waals surface area (Å²) >= 11 is 1.93. The maximum atomic E-state index is 14.6. The summed E-state index contributed by atoms with van der Waals surface area (Å²) in [6.45, 7) is 0. The van der Waals surface area contributed by atoms with Gasteiger partial charge in [-0.1, -0.05) is 42.5 Å². The van der Waals surface area contributed by atoms with Crippen molar-refractivity contribution in [1.82, 2.24) is 14.8 Å². The molecule has 0 unspecified atom stereocenters. The van der Waals surface area contributed by atoms with Crippen molar-refractivity contribution in [2.45, 2.75) is 17.5 Å². The zero-order valence-electron chi connectivity index (χ0n) is 19.4. The molecule has 0 bridgehead atoms. The number of carbonyl (C=O) groups is 1. The monoisotopic (exact) mass is 554 g/mol. The Kier molecular flexibility index (Phi) is 7.15. The Hall–Kier alpha value is -3.80. The van der Waals surface area contributed by atoms with Crippen molar-refractivity contribution in [2.75, 3.05) is 0 Å². The highest BCUT2D eigenvalue weighted by atomic mass is 32.2. The van der Waals surface area contributed by atoms with Crippen LogP contribution in [0.5, 0.6) is 0 Å². The molecule has 0 saturated heterocycles. The van der Waals surface area contributed by atoms with Gasteiger partial charge in [-0.15, -0.1) is 11.3 Å². The van der Waals surface area contributed by atoms with Gasteiger partial charge >= 0.3 is 6.18 Å². The predicted octanol–water partition coefficient (Wildman–Crippen LogP) is 7.19. The van der Waals surface area contributed by atoms with Crippen LogP contribution in [-0.4, -0.2) is 21.1 Å². The topological polar surface area (TPSA) is 73.8 Å². The van der Waals surface area contributed by atoms with E-state index in [0.29, 0.717) is 28.5 Å². The smallest absolute Gasteiger partial charge is 0.296 e. The van der Waals surface area contributed by atoms with Crippen LogP contribution in [0.3, 0.4) is 0 Å². The summed E-state index contributed by atoms with van der Waals surface area (Å²) in [4.78, 5) is 16.0. The molecule has 3 aromatic carbocycles. The van der Waals surface area contributed by atoms with Gasteiger partial charge in [0.25, 0.3) is 0 Å². The second-order valence-electron chi connectivity index (χ2n) is 8.29. The van der Waals surface area contributed by atoms with Crippen LogP contribution in [0.15, 0.2) is 83.1 Å². The van der Waals surface area contributed by atoms with E-state index in [1.165, 1.54) is 17.5 Å². The number of thiazole rings is 1. The lowest BCUT2D eigenvalue weighted by Crippen LogP contribution is -2.15. The van der Waals surface area contributed by atoms with Crippen molar-refractivity contribution in [2.24, 2.45) is 5.14 Å². The quantitative estimate of drug-likeness (QED) is 0.131. The minimum absolute atomic E-state index is 0.0136. The van der Waals surface area contributed by atoms with Crippen LogP contribution in [0.25, 0.3) is 27.5 Å². The lowest BCUT2D eigenvalue weighted by molar-refractivity contribution is -0.143. The Morgan fingerprint density at radius 2 is 1.66 bits per heavy atom. The molecular formula is C27H18F4N4OS2. The Labute approximate surface area is 223 Å². The highest BCUT2D eigenvalue weighted by Gasteiger charge is 2.41. The van der Waals surface area contributed by atoms with E-state index in [9.17, 15) is 22.4 Å². The van der Waals surface area contributed by atoms with Gasteiger partial charge in [-0.2, -0.15) is 18.3 Å². The first-order chi connectivity index (χ1) is 18.3. The summed E-state index contributed by atoms with van der Waals surface area (Å²) in [5.41, 5.74) is 1.34. The number of halogens is 4. The third kappa shape index (κ3) is 5.26. The molecule has 0 atom stereocenters. The number of hydrogen-bond donors (Lipinski definition) is 1. The van der Waals surface area contributed by atoms with E-state index in [2.05, 4.69) is 10.1 Å². The molecule has 0 aliphatic heterocycles. The molecule has 2 heterocycles. The Bertz CT molecular complexity index is 1610. The molecule has 192 valence electrons. The number of hydrogen-bond acceptors (Lipinski definition) is 6. The van der Waals surface area contributed by atoms with E-state index in [1.54, 1.807) is 60.7 Å². The Balaban J connectivity index is 1.72. The minimum atomic E-state index is -4.78. The molecule has 5 nitrogen and oxygen atoms in total. The van der Waals surface area contributed by atoms with Gasteiger partial charge in [0, 0.05) is 27.8 Å². The number of aromatic nitrogens is 3. The maximum absolute atomic E-state index is 14.6. The summed E-state index contributed by atoms with van der Waals surface area (Å²) in [5.74, 6) is -0.425. The van der Waals surface area contributed by atoms with Gasteiger partial charge in [-0.25, -0.2) is 14.1 Å². The zero-order valence-corrected chi connectivity index (χ0v) is 21.1. The van der Waals surface area contributed by atoms with Crippen LogP contribution in [0.1, 0.15) is 27.3 Å². The summed E-state index contributed by atoms with van der Waals surface area (Å²) in [6.07, 6.45) is -4.38. The van der Waals surface area contributed by atoms with E-state index in [-0.39, 0.29) is 28.5 Å². The SMILES string of the molecule is NSc1ccc(Cc2c(-c3cccc(-c4cccc(F)c4)c3)nn(-c3nc(C=O)cs3)c2C(F)(F)F)cc1. The molecule has 0 saturated carbocycles. The van der Waals surface area contributed by atoms with Crippen molar-refractivity contribution in [3.05, 3.63) is 107 Å². The highest BCUT2D eigenvalue weighted by Crippen LogP contribution is 2.40. The fraction of sp³-hybridized carbons (Fsp3) is 0.0741. The molecule has 5 rings (SSSR count). The van der Waals surface area contributed by atoms with Gasteiger partial charge in [-0.3, -0.25) is 9.93 Å². The van der Waals surface area contributed by atoms with E-state index < -0.39 is 17.7 Å². The van der Waals surface area contributed by atoms with Gasteiger partial charge in [0.15, 0.2) is 12.0 Å². The van der Waals surface area contributed by atoms with Crippen LogP contribution in [0.4, 0.5) is 17.6 Å². The fourth-order valence-corrected chi connectivity index (χ4v) is 5.13. The van der Waals surface area contributed by atoms with Gasteiger partial charge in [0.1, 0.15) is 11.5 Å². The molecule has 11 heteroatoms. The number of aldehydes is 1. The van der Waals surface area contributed by atoms with Crippen LogP contribution in [-0.2, 0) is 12.6 Å². The molecular weight excluding hydrogens is 536 g/mol. The lowest BCUT2D eigenvalue weighted by atomic mass is 9.96. The lowest BCUT2D eigenvalue weighted by Gasteiger charge is -2.12. The molecule has 0 radical (unpaired) electrons. The van der Waals surface area contributed by atoms with Crippen molar-refractivity contribution >= 4 is 29.6 Å². The maximum Gasteiger partial charge on any atom is 0.433 e. The molecule has 2 aromatic heterocycles. The summed E-state index contributed by atoms with van der Waals surface area (Å²) in [5, 5.41) is 11.3. The second-order valence-corrected chi connectivity index (χ2v) is 9.83. The number of nitrogens with zero attached hydrogens (tertiary/aromatic N) is 3. The minimum Gasteiger partial charge on any atom is -0.296 e. The van der Waals surface area contributed by atoms with Crippen molar-refractivity contribution in [1.29, 1.82) is 0 Å². The molecule has 0 aliphatic carbocycles. The molecule has 5 aromatic rings. The zero-order chi connectivity index (χ0) is 26.9. The summed E-state index contributed by atoms with van der Waals surface area (Å²) in [7, 11) is 0. The van der Waals surface area contributed by atoms with E-state index in [1.807, 2.05) is 0 Å². The normalized spacial score (nSPS) is 11.6. The van der Waals surface area contributed by atoms with Crippen LogP contribution >= 0.6 is 23.3 Å². The number of rotatable bonds is 7. The van der Waals surface area contributed by atoms with E-state index >= 15 is 0 Å². The van der Waals surface area contributed by atoms with Crippen LogP contribution in [0, 0.1) is 5.82 Å². The van der Waals surface area contributed by atoms with Gasteiger partial charge < -0.3 is 0 Å². The molecule has 0 aliphatic rings. The third-order valence-corrected chi connectivity index (χ3v) is 7.18. The molecule has 0 fully saturated rings. The standard InChI is InChI=1S/C27H18F4N4OS2/c28-20-6-2-4-18(13-20)17-3-1-5-19(12-17)24-23(11-16-7-9-22(38-32)10-8-16)25(27(29,30)31)35(34-24)26-33-21(14-36)15-37-26/h1-10,12-15H,11,32H2. The highest BCUT2D eigenvalue weighted by molar-refractivity contribution is 7.97. The first-order valence-corrected chi connectivity index (χ1v) is 12.9. The molecule has 0 amide bonds. The average Bonchev–Trinajstić information content (AvgIpc) is 3.54. The average molecular weight is 555 g/mol. The largest absolute Gasteiger partial charge is 0.433 e. The molecule has 0 spiro atoms. The number of nitrogens with two attached hydrogens (primary N) is 1. The van der Waals surface area contributed by atoms with Crippen molar-refractivity contribution in [3.63, 3.8) is 0 Å². The number of alkyl halides is 3. The van der Waals surface area contributed by atoms with Crippen molar-refractivity contribution in [3.8, 4) is 27.5 Å². The predicted molar refractivity (Wildman–Crippen MR) is 140 cm³/mol. The van der Waals surface area contributed by atoms with E-state index in [0.717, 1.165) is 32.9 Å². The van der Waals surface area contributed by atoms with E-state index in [4.69, 9.17) is 5.14 Å². The fourth-order valence-electron chi connectivity index (χ4n) is 4.11. The van der Waals surface area contributed by atoms with Crippen molar-refractivity contribution < 1.29 is 22.4 Å². The molecule has 38 heavy (non-hydrogen) atoms. The second kappa shape index (κ2) is 10.5. The number of carbonyl (C=O) groups excluding carboxylic acids is 1. The molecule has 2 N–H and O–H groups in total. The Morgan fingerprint density at radius 3 is 2.29 bits per heavy atom. The first kappa shape index (κ1) is 25.8. The third-order valence-electron chi connectivity index (χ3n) is 5.80. The van der Waals surface area contributed by atoms with Gasteiger partial charge in [-0.05, 0) is 59.0 Å².